The molecule has 1 aromatic heterocycles. The van der Waals surface area contributed by atoms with Crippen LogP contribution in [-0.2, 0) is 12.8 Å². The van der Waals surface area contributed by atoms with Crippen molar-refractivity contribution in [3.63, 3.8) is 0 Å². The number of nitrogens with two attached hydrogens (primary N) is 1. The van der Waals surface area contributed by atoms with Crippen LogP contribution in [0.15, 0.2) is 6.33 Å². The fourth-order valence-electron chi connectivity index (χ4n) is 3.52. The van der Waals surface area contributed by atoms with Crippen LogP contribution in [0.4, 0.5) is 5.82 Å². The average molecular weight is 260 g/mol. The first-order valence-electron chi connectivity index (χ1n) is 7.69. The van der Waals surface area contributed by atoms with Gasteiger partial charge in [-0.1, -0.05) is 0 Å². The predicted molar refractivity (Wildman–Crippen MR) is 77.3 cm³/mol. The molecule has 1 saturated heterocycles. The minimum absolute atomic E-state index is 0.643. The van der Waals surface area contributed by atoms with E-state index in [0.717, 1.165) is 32.4 Å². The van der Waals surface area contributed by atoms with Crippen molar-refractivity contribution in [2.75, 3.05) is 18.0 Å². The molecule has 2 heterocycles. The van der Waals surface area contributed by atoms with Crippen LogP contribution in [0.3, 0.4) is 0 Å². The molecule has 4 nitrogen and oxygen atoms in total. The summed E-state index contributed by atoms with van der Waals surface area (Å²) < 4.78 is 0. The van der Waals surface area contributed by atoms with Gasteiger partial charge in [-0.05, 0) is 57.9 Å². The molecule has 3 rings (SSSR count). The molecule has 2 aliphatic rings. The van der Waals surface area contributed by atoms with E-state index in [4.69, 9.17) is 5.73 Å². The molecule has 0 bridgehead atoms. The van der Waals surface area contributed by atoms with E-state index in [1.54, 1.807) is 6.33 Å². The van der Waals surface area contributed by atoms with Gasteiger partial charge in [-0.25, -0.2) is 9.97 Å². The summed E-state index contributed by atoms with van der Waals surface area (Å²) in [5.74, 6) is 1.23. The lowest BCUT2D eigenvalue weighted by atomic mass is 9.96. The Kier molecular flexibility index (Phi) is 3.97. The highest BCUT2D eigenvalue weighted by atomic mass is 15.2. The third kappa shape index (κ3) is 2.59. The third-order valence-electron chi connectivity index (χ3n) is 4.49. The van der Waals surface area contributed by atoms with Gasteiger partial charge in [0.15, 0.2) is 0 Å². The van der Waals surface area contributed by atoms with Crippen LogP contribution in [0.25, 0.3) is 0 Å². The first kappa shape index (κ1) is 12.9. The fourth-order valence-corrected chi connectivity index (χ4v) is 3.52. The molecule has 0 saturated carbocycles. The van der Waals surface area contributed by atoms with E-state index in [1.165, 1.54) is 49.2 Å². The van der Waals surface area contributed by atoms with Crippen LogP contribution in [0.2, 0.25) is 0 Å². The van der Waals surface area contributed by atoms with Crippen LogP contribution in [0.5, 0.6) is 0 Å². The molecule has 0 spiro atoms. The lowest BCUT2D eigenvalue weighted by Gasteiger charge is -2.29. The van der Waals surface area contributed by atoms with E-state index in [0.29, 0.717) is 6.04 Å². The Morgan fingerprint density at radius 2 is 2.11 bits per heavy atom. The van der Waals surface area contributed by atoms with Crippen LogP contribution < -0.4 is 10.6 Å². The molecule has 1 aliphatic heterocycles. The Balaban J connectivity index is 1.84. The normalized spacial score (nSPS) is 22.6. The lowest BCUT2D eigenvalue weighted by Crippen LogP contribution is -2.32. The Morgan fingerprint density at radius 3 is 3.00 bits per heavy atom. The number of aryl methyl sites for hydroxylation is 1. The molecule has 1 aliphatic carbocycles. The average Bonchev–Trinajstić information content (AvgIpc) is 2.92. The number of hydrogen-bond acceptors (Lipinski definition) is 4. The Hall–Kier alpha value is -1.16. The summed E-state index contributed by atoms with van der Waals surface area (Å²) in [7, 11) is 0. The van der Waals surface area contributed by atoms with Gasteiger partial charge in [0.2, 0.25) is 0 Å². The highest BCUT2D eigenvalue weighted by Gasteiger charge is 2.28. The molecule has 0 radical (unpaired) electrons. The Bertz CT molecular complexity index is 432. The van der Waals surface area contributed by atoms with E-state index in [1.807, 2.05) is 0 Å². The van der Waals surface area contributed by atoms with E-state index >= 15 is 0 Å². The molecular formula is C15H24N4. The molecule has 1 aromatic rings. The molecule has 104 valence electrons. The van der Waals surface area contributed by atoms with Gasteiger partial charge in [-0.15, -0.1) is 0 Å². The van der Waals surface area contributed by atoms with Crippen LogP contribution >= 0.6 is 0 Å². The van der Waals surface area contributed by atoms with Crippen molar-refractivity contribution in [1.82, 2.24) is 9.97 Å². The second-order valence-electron chi connectivity index (χ2n) is 5.75. The second kappa shape index (κ2) is 5.87. The van der Waals surface area contributed by atoms with Gasteiger partial charge in [0.1, 0.15) is 12.1 Å². The van der Waals surface area contributed by atoms with E-state index in [2.05, 4.69) is 14.9 Å². The summed E-state index contributed by atoms with van der Waals surface area (Å²) in [5, 5.41) is 0. The lowest BCUT2D eigenvalue weighted by molar-refractivity contribution is 0.575. The number of rotatable bonds is 4. The van der Waals surface area contributed by atoms with E-state index in [-0.39, 0.29) is 0 Å². The van der Waals surface area contributed by atoms with Crippen molar-refractivity contribution >= 4 is 5.82 Å². The summed E-state index contributed by atoms with van der Waals surface area (Å²) in [6.07, 6.45) is 11.5. The molecule has 1 atom stereocenters. The smallest absolute Gasteiger partial charge is 0.135 e. The first-order chi connectivity index (χ1) is 9.40. The summed E-state index contributed by atoms with van der Waals surface area (Å²) >= 11 is 0. The highest BCUT2D eigenvalue weighted by molar-refractivity contribution is 5.51. The maximum absolute atomic E-state index is 5.66. The van der Waals surface area contributed by atoms with Gasteiger partial charge < -0.3 is 10.6 Å². The van der Waals surface area contributed by atoms with Crippen molar-refractivity contribution in [3.8, 4) is 0 Å². The third-order valence-corrected chi connectivity index (χ3v) is 4.49. The van der Waals surface area contributed by atoms with Gasteiger partial charge >= 0.3 is 0 Å². The van der Waals surface area contributed by atoms with Crippen molar-refractivity contribution in [1.29, 1.82) is 0 Å². The Labute approximate surface area is 115 Å². The zero-order chi connectivity index (χ0) is 13.1. The monoisotopic (exact) mass is 260 g/mol. The van der Waals surface area contributed by atoms with E-state index in [9.17, 15) is 0 Å². The maximum atomic E-state index is 5.66. The topological polar surface area (TPSA) is 55.0 Å². The highest BCUT2D eigenvalue weighted by Crippen LogP contribution is 2.32. The SMILES string of the molecule is NCCCC1CCCN1c1ncnc2c1CCCC2. The summed E-state index contributed by atoms with van der Waals surface area (Å²) in [6.45, 7) is 1.95. The molecular weight excluding hydrogens is 236 g/mol. The number of anilines is 1. The standard InChI is InChI=1S/C15H24N4/c16-9-3-5-12-6-4-10-19(12)15-13-7-1-2-8-14(13)17-11-18-15/h11-12H,1-10,16H2. The zero-order valence-electron chi connectivity index (χ0n) is 11.6. The predicted octanol–water partition coefficient (Wildman–Crippen LogP) is 2.06. The van der Waals surface area contributed by atoms with Crippen LogP contribution in [0.1, 0.15) is 49.8 Å². The first-order valence-corrected chi connectivity index (χ1v) is 7.69. The molecule has 1 unspecified atom stereocenters. The quantitative estimate of drug-likeness (QED) is 0.900. The molecule has 19 heavy (non-hydrogen) atoms. The largest absolute Gasteiger partial charge is 0.353 e. The molecule has 4 heteroatoms. The molecule has 0 aromatic carbocycles. The van der Waals surface area contributed by atoms with Gasteiger partial charge in [0, 0.05) is 23.8 Å². The van der Waals surface area contributed by atoms with Gasteiger partial charge in [-0.2, -0.15) is 0 Å². The van der Waals surface area contributed by atoms with E-state index < -0.39 is 0 Å². The zero-order valence-corrected chi connectivity index (χ0v) is 11.6. The number of fused-ring (bicyclic) bond motifs is 1. The van der Waals surface area contributed by atoms with Gasteiger partial charge in [-0.3, -0.25) is 0 Å². The molecule has 0 amide bonds. The van der Waals surface area contributed by atoms with Crippen LogP contribution in [0, 0.1) is 0 Å². The maximum Gasteiger partial charge on any atom is 0.135 e. The van der Waals surface area contributed by atoms with Gasteiger partial charge in [0.25, 0.3) is 0 Å². The minimum Gasteiger partial charge on any atom is -0.353 e. The second-order valence-corrected chi connectivity index (χ2v) is 5.75. The van der Waals surface area contributed by atoms with Crippen molar-refractivity contribution in [2.45, 2.75) is 57.4 Å². The number of aromatic nitrogens is 2. The van der Waals surface area contributed by atoms with Crippen molar-refractivity contribution in [3.05, 3.63) is 17.6 Å². The minimum atomic E-state index is 0.643. The summed E-state index contributed by atoms with van der Waals surface area (Å²) in [5.41, 5.74) is 8.37. The Morgan fingerprint density at radius 1 is 1.21 bits per heavy atom. The number of nitrogens with zero attached hydrogens (tertiary/aromatic N) is 3. The van der Waals surface area contributed by atoms with Crippen molar-refractivity contribution in [2.24, 2.45) is 5.73 Å². The number of hydrogen-bond donors (Lipinski definition) is 1. The van der Waals surface area contributed by atoms with Crippen molar-refractivity contribution < 1.29 is 0 Å². The molecule has 1 fully saturated rings. The van der Waals surface area contributed by atoms with Gasteiger partial charge in [0.05, 0.1) is 0 Å². The molecule has 2 N–H and O–H groups in total. The summed E-state index contributed by atoms with van der Waals surface area (Å²) in [6, 6.07) is 0.643. The summed E-state index contributed by atoms with van der Waals surface area (Å²) in [4.78, 5) is 11.6. The fraction of sp³-hybridized carbons (Fsp3) is 0.733. The van der Waals surface area contributed by atoms with Crippen LogP contribution in [-0.4, -0.2) is 29.1 Å².